The van der Waals surface area contributed by atoms with Crippen LogP contribution in [0.5, 0.6) is 23.0 Å². The molecule has 0 aliphatic rings. The molecule has 208 valence electrons. The number of H-pyrrole nitrogens is 1. The first-order valence-electron chi connectivity index (χ1n) is 12.1. The topological polar surface area (TPSA) is 161 Å². The van der Waals surface area contributed by atoms with E-state index in [-0.39, 0.29) is 29.3 Å². The number of fused-ring (bicyclic) bond motifs is 1. The van der Waals surface area contributed by atoms with E-state index in [4.69, 9.17) is 14.0 Å². The molecule has 0 aliphatic carbocycles. The average Bonchev–Trinajstić information content (AvgIpc) is 3.48. The van der Waals surface area contributed by atoms with E-state index in [9.17, 15) is 24.3 Å². The van der Waals surface area contributed by atoms with Gasteiger partial charge in [-0.1, -0.05) is 6.07 Å². The number of aromatic hydroxyl groups is 1. The van der Waals surface area contributed by atoms with Crippen molar-refractivity contribution in [1.29, 1.82) is 0 Å². The smallest absolute Gasteiger partial charge is 0.507 e. The number of hydrogen-bond donors (Lipinski definition) is 4. The third-order valence-corrected chi connectivity index (χ3v) is 7.00. The lowest BCUT2D eigenvalue weighted by Gasteiger charge is -2.16. The van der Waals surface area contributed by atoms with Crippen molar-refractivity contribution in [3.05, 3.63) is 82.4 Å². The molecule has 0 fully saturated rings. The Hall–Kier alpha value is -4.51. The number of aromatic amines is 1. The molecule has 0 spiro atoms. The monoisotopic (exact) mass is 566 g/mol. The molecule has 0 saturated heterocycles. The van der Waals surface area contributed by atoms with Crippen molar-refractivity contribution in [2.75, 3.05) is 14.2 Å². The molecule has 0 saturated carbocycles. The molecule has 12 nitrogen and oxygen atoms in total. The number of aryl methyl sites for hydroxylation is 3. The predicted molar refractivity (Wildman–Crippen MR) is 147 cm³/mol. The lowest BCUT2D eigenvalue weighted by Crippen LogP contribution is -2.15. The van der Waals surface area contributed by atoms with Crippen molar-refractivity contribution in [3.63, 3.8) is 0 Å². The summed E-state index contributed by atoms with van der Waals surface area (Å²) >= 11 is 0. The van der Waals surface area contributed by atoms with Gasteiger partial charge in [-0.25, -0.2) is 19.0 Å². The molecule has 4 N–H and O–H groups in total. The van der Waals surface area contributed by atoms with Crippen LogP contribution >= 0.6 is 7.82 Å². The summed E-state index contributed by atoms with van der Waals surface area (Å²) in [6.45, 7) is 0. The summed E-state index contributed by atoms with van der Waals surface area (Å²) in [5.74, 6) is 0.653. The first kappa shape index (κ1) is 27.1. The molecule has 0 amide bonds. The minimum Gasteiger partial charge on any atom is -0.507 e. The highest BCUT2D eigenvalue weighted by molar-refractivity contribution is 7.46. The molecule has 2 aromatic heterocycles. The SMILES string of the molecule is COc1ccc(CCc2cc(-c3n[nH]c(=O)n3-c3ccc4c(ccn4C)c3)c(O)cc2OP(=O)(O)O)cc1OC. The first-order valence-corrected chi connectivity index (χ1v) is 13.7. The van der Waals surface area contributed by atoms with Crippen LogP contribution in [0.15, 0.2) is 65.6 Å². The van der Waals surface area contributed by atoms with Crippen LogP contribution in [0.1, 0.15) is 11.1 Å². The van der Waals surface area contributed by atoms with Crippen molar-refractivity contribution in [3.8, 4) is 40.1 Å². The van der Waals surface area contributed by atoms with E-state index in [1.165, 1.54) is 24.9 Å². The van der Waals surface area contributed by atoms with E-state index in [0.717, 1.165) is 22.5 Å². The van der Waals surface area contributed by atoms with Crippen LogP contribution in [0.3, 0.4) is 0 Å². The fourth-order valence-corrected chi connectivity index (χ4v) is 5.07. The largest absolute Gasteiger partial charge is 0.524 e. The van der Waals surface area contributed by atoms with E-state index in [1.54, 1.807) is 18.2 Å². The fraction of sp³-hybridized carbons (Fsp3) is 0.185. The summed E-state index contributed by atoms with van der Waals surface area (Å²) < 4.78 is 30.5. The number of ether oxygens (including phenoxy) is 2. The van der Waals surface area contributed by atoms with Gasteiger partial charge in [0.15, 0.2) is 17.3 Å². The van der Waals surface area contributed by atoms with Crippen LogP contribution in [0.2, 0.25) is 0 Å². The minimum absolute atomic E-state index is 0.118. The molecule has 5 rings (SSSR count). The number of benzene rings is 3. The Kier molecular flexibility index (Phi) is 7.16. The van der Waals surface area contributed by atoms with Gasteiger partial charge in [-0.05, 0) is 66.4 Å². The molecular formula is C27H27N4O8P. The van der Waals surface area contributed by atoms with E-state index >= 15 is 0 Å². The van der Waals surface area contributed by atoms with Gasteiger partial charge in [0.05, 0.1) is 25.5 Å². The molecule has 0 bridgehead atoms. The van der Waals surface area contributed by atoms with E-state index in [0.29, 0.717) is 29.2 Å². The number of phenols is 1. The zero-order valence-electron chi connectivity index (χ0n) is 21.9. The fourth-order valence-electron chi connectivity index (χ4n) is 4.64. The van der Waals surface area contributed by atoms with Gasteiger partial charge in [0.2, 0.25) is 0 Å². The van der Waals surface area contributed by atoms with Crippen molar-refractivity contribution < 1.29 is 33.5 Å². The maximum atomic E-state index is 12.8. The number of hydrogen-bond acceptors (Lipinski definition) is 7. The van der Waals surface area contributed by atoms with Crippen molar-refractivity contribution >= 4 is 18.7 Å². The Bertz CT molecular complexity index is 1820. The van der Waals surface area contributed by atoms with Crippen LogP contribution in [-0.4, -0.2) is 48.4 Å². The van der Waals surface area contributed by atoms with Gasteiger partial charge in [-0.15, -0.1) is 0 Å². The van der Waals surface area contributed by atoms with Gasteiger partial charge in [-0.3, -0.25) is 9.79 Å². The number of rotatable bonds is 9. The summed E-state index contributed by atoms with van der Waals surface area (Å²) in [6, 6.07) is 15.4. The minimum atomic E-state index is -4.94. The third-order valence-electron chi connectivity index (χ3n) is 6.57. The second-order valence-corrected chi connectivity index (χ2v) is 10.3. The molecule has 3 aromatic carbocycles. The Morgan fingerprint density at radius 2 is 1.73 bits per heavy atom. The van der Waals surface area contributed by atoms with Crippen LogP contribution in [0.4, 0.5) is 0 Å². The summed E-state index contributed by atoms with van der Waals surface area (Å²) in [5, 5.41) is 18.4. The van der Waals surface area contributed by atoms with Gasteiger partial charge in [-0.2, -0.15) is 5.10 Å². The van der Waals surface area contributed by atoms with Gasteiger partial charge in [0.25, 0.3) is 0 Å². The van der Waals surface area contributed by atoms with Crippen LogP contribution in [0, 0.1) is 0 Å². The summed E-state index contributed by atoms with van der Waals surface area (Å²) in [7, 11) is 0.0372. The number of phosphoric acid groups is 1. The van der Waals surface area contributed by atoms with Gasteiger partial charge in [0.1, 0.15) is 11.5 Å². The number of phenolic OH excluding ortho intramolecular Hbond substituents is 1. The van der Waals surface area contributed by atoms with E-state index in [2.05, 4.69) is 10.2 Å². The lowest BCUT2D eigenvalue weighted by atomic mass is 10.00. The maximum absolute atomic E-state index is 12.8. The normalized spacial score (nSPS) is 11.6. The molecular weight excluding hydrogens is 539 g/mol. The van der Waals surface area contributed by atoms with Crippen LogP contribution < -0.4 is 19.7 Å². The first-order chi connectivity index (χ1) is 19.1. The zero-order chi connectivity index (χ0) is 28.6. The third kappa shape index (κ3) is 5.32. The molecule has 0 atom stereocenters. The standard InChI is InChI=1S/C27H27N4O8P/c1-30-11-10-17-13-19(7-8-21(17)30)31-26(28-29-27(31)33)20-14-18(24(15-22(20)32)39-40(34,35)36)6-4-16-5-9-23(37-2)25(12-16)38-3/h5,7-15,32H,4,6H2,1-3H3,(H,29,33)(H2,34,35,36). The number of aromatic nitrogens is 4. The number of methoxy groups -OCH3 is 2. The summed E-state index contributed by atoms with van der Waals surface area (Å²) in [6.07, 6.45) is 2.60. The highest BCUT2D eigenvalue weighted by atomic mass is 31.2. The Morgan fingerprint density at radius 1 is 0.950 bits per heavy atom. The highest BCUT2D eigenvalue weighted by Gasteiger charge is 2.23. The van der Waals surface area contributed by atoms with E-state index < -0.39 is 13.5 Å². The van der Waals surface area contributed by atoms with E-state index in [1.807, 2.05) is 42.1 Å². The lowest BCUT2D eigenvalue weighted by molar-refractivity contribution is 0.282. The highest BCUT2D eigenvalue weighted by Crippen LogP contribution is 2.43. The second kappa shape index (κ2) is 10.6. The molecule has 0 radical (unpaired) electrons. The number of nitrogens with one attached hydrogen (secondary N) is 1. The van der Waals surface area contributed by atoms with Gasteiger partial charge >= 0.3 is 13.5 Å². The molecule has 2 heterocycles. The Morgan fingerprint density at radius 3 is 2.45 bits per heavy atom. The second-order valence-electron chi connectivity index (χ2n) is 9.11. The summed E-state index contributed by atoms with van der Waals surface area (Å²) in [5.41, 5.74) is 2.39. The molecule has 0 aliphatic heterocycles. The summed E-state index contributed by atoms with van der Waals surface area (Å²) in [4.78, 5) is 31.8. The van der Waals surface area contributed by atoms with Crippen molar-refractivity contribution in [2.45, 2.75) is 12.8 Å². The zero-order valence-corrected chi connectivity index (χ0v) is 22.8. The maximum Gasteiger partial charge on any atom is 0.524 e. The molecule has 0 unspecified atom stereocenters. The Balaban J connectivity index is 1.57. The van der Waals surface area contributed by atoms with Crippen LogP contribution in [-0.2, 0) is 24.5 Å². The quantitative estimate of drug-likeness (QED) is 0.195. The average molecular weight is 567 g/mol. The molecule has 13 heteroatoms. The van der Waals surface area contributed by atoms with Crippen molar-refractivity contribution in [2.24, 2.45) is 7.05 Å². The number of phosphoric ester groups is 1. The van der Waals surface area contributed by atoms with Crippen molar-refractivity contribution in [1.82, 2.24) is 19.3 Å². The van der Waals surface area contributed by atoms with Gasteiger partial charge < -0.3 is 23.7 Å². The molecule has 40 heavy (non-hydrogen) atoms. The van der Waals surface area contributed by atoms with Gasteiger partial charge in [0, 0.05) is 30.2 Å². The molecule has 5 aromatic rings. The predicted octanol–water partition coefficient (Wildman–Crippen LogP) is 3.70. The van der Waals surface area contributed by atoms with Crippen LogP contribution in [0.25, 0.3) is 28.0 Å². The number of nitrogens with zero attached hydrogens (tertiary/aromatic N) is 3. The Labute approximate surface area is 228 Å².